The first-order valence-corrected chi connectivity index (χ1v) is 12.0. The molecule has 0 saturated heterocycles. The maximum atomic E-state index is 12.7. The number of aryl methyl sites for hydroxylation is 1. The molecule has 0 aliphatic carbocycles. The van der Waals surface area contributed by atoms with Crippen LogP contribution >= 0.6 is 11.3 Å². The predicted molar refractivity (Wildman–Crippen MR) is 125 cm³/mol. The van der Waals surface area contributed by atoms with Crippen molar-refractivity contribution in [1.29, 1.82) is 0 Å². The first-order valence-electron chi connectivity index (χ1n) is 9.21. The second-order valence-corrected chi connectivity index (χ2v) is 9.01. The van der Waals surface area contributed by atoms with Gasteiger partial charge in [0.2, 0.25) is 0 Å². The highest BCUT2D eigenvalue weighted by atomic mass is 32.2. The van der Waals surface area contributed by atoms with Gasteiger partial charge in [-0.25, -0.2) is 9.78 Å². The van der Waals surface area contributed by atoms with E-state index in [0.717, 1.165) is 16.9 Å². The van der Waals surface area contributed by atoms with Crippen LogP contribution in [-0.2, 0) is 15.5 Å². The first kappa shape index (κ1) is 24.3. The fourth-order valence-electron chi connectivity index (χ4n) is 2.95. The van der Waals surface area contributed by atoms with Crippen molar-refractivity contribution in [3.05, 3.63) is 40.4 Å². The number of nitrogens with zero attached hydrogens (tertiary/aromatic N) is 1. The van der Waals surface area contributed by atoms with Gasteiger partial charge in [0.05, 0.1) is 30.7 Å². The van der Waals surface area contributed by atoms with Crippen molar-refractivity contribution in [1.82, 2.24) is 4.98 Å². The molecule has 0 bridgehead atoms. The SMILES string of the molecule is CCOC(=O)c1c(C)nc2sc(C(N)=O)c(N)c2c1-c1ccc(OC)cc1.CS(C)=O. The highest BCUT2D eigenvalue weighted by Gasteiger charge is 2.26. The Balaban J connectivity index is 0.000000785. The number of aromatic nitrogens is 1. The summed E-state index contributed by atoms with van der Waals surface area (Å²) >= 11 is 1.11. The topological polar surface area (TPSA) is 135 Å². The Labute approximate surface area is 187 Å². The lowest BCUT2D eigenvalue weighted by Gasteiger charge is -2.14. The quantitative estimate of drug-likeness (QED) is 0.555. The van der Waals surface area contributed by atoms with Gasteiger partial charge in [-0.15, -0.1) is 11.3 Å². The van der Waals surface area contributed by atoms with E-state index in [1.807, 2.05) is 12.1 Å². The zero-order chi connectivity index (χ0) is 23.3. The van der Waals surface area contributed by atoms with Crippen LogP contribution in [0.2, 0.25) is 0 Å². The second kappa shape index (κ2) is 10.4. The Morgan fingerprint density at radius 2 is 1.77 bits per heavy atom. The number of carbonyl (C=O) groups excluding carboxylic acids is 2. The van der Waals surface area contributed by atoms with Crippen molar-refractivity contribution in [3.63, 3.8) is 0 Å². The molecule has 10 heteroatoms. The number of carbonyl (C=O) groups is 2. The van der Waals surface area contributed by atoms with E-state index >= 15 is 0 Å². The van der Waals surface area contributed by atoms with Gasteiger partial charge in [0.25, 0.3) is 5.91 Å². The normalized spacial score (nSPS) is 10.5. The minimum atomic E-state index is -0.633. The summed E-state index contributed by atoms with van der Waals surface area (Å²) in [5.41, 5.74) is 14.0. The monoisotopic (exact) mass is 463 g/mol. The number of nitrogen functional groups attached to an aromatic ring is 1. The van der Waals surface area contributed by atoms with Gasteiger partial charge in [-0.05, 0) is 31.5 Å². The molecule has 0 radical (unpaired) electrons. The summed E-state index contributed by atoms with van der Waals surface area (Å²) in [6.45, 7) is 3.68. The largest absolute Gasteiger partial charge is 0.497 e. The third-order valence-electron chi connectivity index (χ3n) is 4.14. The van der Waals surface area contributed by atoms with Crippen LogP contribution in [0.4, 0.5) is 5.69 Å². The number of fused-ring (bicyclic) bond motifs is 1. The van der Waals surface area contributed by atoms with Crippen molar-refractivity contribution in [2.24, 2.45) is 5.73 Å². The lowest BCUT2D eigenvalue weighted by molar-refractivity contribution is 0.0526. The Morgan fingerprint density at radius 1 is 1.19 bits per heavy atom. The number of methoxy groups -OCH3 is 1. The van der Waals surface area contributed by atoms with Crippen LogP contribution in [0.15, 0.2) is 24.3 Å². The van der Waals surface area contributed by atoms with Gasteiger partial charge in [-0.2, -0.15) is 0 Å². The van der Waals surface area contributed by atoms with Crippen LogP contribution in [0.25, 0.3) is 21.3 Å². The zero-order valence-corrected chi connectivity index (χ0v) is 19.6. The van der Waals surface area contributed by atoms with Crippen LogP contribution in [0.1, 0.15) is 32.6 Å². The Kier molecular flexibility index (Phi) is 8.12. The number of thiophene rings is 1. The second-order valence-electron chi connectivity index (χ2n) is 6.53. The molecule has 3 aromatic rings. The predicted octanol–water partition coefficient (Wildman–Crippen LogP) is 3.13. The van der Waals surface area contributed by atoms with Gasteiger partial charge in [-0.1, -0.05) is 12.1 Å². The Hall–Kier alpha value is -2.98. The molecule has 0 aliphatic heterocycles. The Morgan fingerprint density at radius 3 is 2.26 bits per heavy atom. The third-order valence-corrected chi connectivity index (χ3v) is 5.25. The fraction of sp³-hybridized carbons (Fsp3) is 0.286. The minimum absolute atomic E-state index is 0.214. The van der Waals surface area contributed by atoms with E-state index in [1.165, 1.54) is 0 Å². The summed E-state index contributed by atoms with van der Waals surface area (Å²) in [5, 5.41) is 0.521. The summed E-state index contributed by atoms with van der Waals surface area (Å²) in [6.07, 6.45) is 3.28. The zero-order valence-electron chi connectivity index (χ0n) is 18.0. The Bertz CT molecular complexity index is 1140. The summed E-state index contributed by atoms with van der Waals surface area (Å²) in [7, 11) is 0.962. The molecule has 31 heavy (non-hydrogen) atoms. The molecule has 166 valence electrons. The number of benzene rings is 1. The maximum absolute atomic E-state index is 12.7. The van der Waals surface area contributed by atoms with Crippen LogP contribution in [0.3, 0.4) is 0 Å². The molecule has 1 amide bonds. The van der Waals surface area contributed by atoms with E-state index in [4.69, 9.17) is 20.9 Å². The van der Waals surface area contributed by atoms with E-state index < -0.39 is 22.7 Å². The molecule has 0 saturated carbocycles. The fourth-order valence-corrected chi connectivity index (χ4v) is 3.95. The summed E-state index contributed by atoms with van der Waals surface area (Å²) in [4.78, 5) is 29.6. The van der Waals surface area contributed by atoms with Gasteiger partial charge in [-0.3, -0.25) is 9.00 Å². The van der Waals surface area contributed by atoms with E-state index in [1.54, 1.807) is 45.6 Å². The van der Waals surface area contributed by atoms with Crippen LogP contribution in [0.5, 0.6) is 5.75 Å². The average Bonchev–Trinajstić information content (AvgIpc) is 3.03. The molecule has 0 atom stereocenters. The van der Waals surface area contributed by atoms with Gasteiger partial charge in [0, 0.05) is 34.3 Å². The molecular formula is C21H25N3O5S2. The highest BCUT2D eigenvalue weighted by molar-refractivity contribution is 7.83. The summed E-state index contributed by atoms with van der Waals surface area (Å²) < 4.78 is 20.0. The molecule has 4 N–H and O–H groups in total. The van der Waals surface area contributed by atoms with Crippen LogP contribution in [0, 0.1) is 6.92 Å². The number of hydrogen-bond acceptors (Lipinski definition) is 8. The molecule has 0 unspecified atom stereocenters. The highest BCUT2D eigenvalue weighted by Crippen LogP contribution is 2.42. The smallest absolute Gasteiger partial charge is 0.340 e. The molecule has 3 rings (SSSR count). The van der Waals surface area contributed by atoms with Crippen LogP contribution in [-0.4, -0.2) is 47.3 Å². The molecule has 2 heterocycles. The molecule has 2 aromatic heterocycles. The number of nitrogens with two attached hydrogens (primary N) is 2. The van der Waals surface area contributed by atoms with Gasteiger partial charge >= 0.3 is 5.97 Å². The van der Waals surface area contributed by atoms with Crippen LogP contribution < -0.4 is 16.2 Å². The van der Waals surface area contributed by atoms with Gasteiger partial charge in [0.15, 0.2) is 0 Å². The van der Waals surface area contributed by atoms with E-state index in [9.17, 15) is 13.8 Å². The maximum Gasteiger partial charge on any atom is 0.340 e. The third kappa shape index (κ3) is 5.39. The molecule has 0 aliphatic rings. The molecule has 0 spiro atoms. The van der Waals surface area contributed by atoms with E-state index in [2.05, 4.69) is 4.98 Å². The van der Waals surface area contributed by atoms with Crippen molar-refractivity contribution in [2.45, 2.75) is 13.8 Å². The van der Waals surface area contributed by atoms with Crippen molar-refractivity contribution in [3.8, 4) is 16.9 Å². The molecule has 8 nitrogen and oxygen atoms in total. The number of rotatable bonds is 5. The lowest BCUT2D eigenvalue weighted by atomic mass is 9.95. The average molecular weight is 464 g/mol. The van der Waals surface area contributed by atoms with Gasteiger partial charge in [0.1, 0.15) is 15.5 Å². The van der Waals surface area contributed by atoms with E-state index in [-0.39, 0.29) is 17.2 Å². The number of amides is 1. The van der Waals surface area contributed by atoms with Gasteiger partial charge < -0.3 is 20.9 Å². The molecule has 0 fully saturated rings. The number of ether oxygens (including phenoxy) is 2. The molecule has 1 aromatic carbocycles. The number of pyridine rings is 1. The van der Waals surface area contributed by atoms with E-state index in [0.29, 0.717) is 32.8 Å². The molecular weight excluding hydrogens is 438 g/mol. The standard InChI is InChI=1S/C19H19N3O4S.C2H6OS/c1-4-26-19(24)12-9(2)22-18-14(15(20)16(27-18)17(21)23)13(12)10-5-7-11(25-3)8-6-10;1-4(2)3/h5-8H,4,20H2,1-3H3,(H2,21,23);1-2H3. The summed E-state index contributed by atoms with van der Waals surface area (Å²) in [5.74, 6) is -0.456. The number of primary amides is 1. The minimum Gasteiger partial charge on any atom is -0.497 e. The number of hydrogen-bond donors (Lipinski definition) is 2. The lowest BCUT2D eigenvalue weighted by Crippen LogP contribution is -2.12. The number of esters is 1. The first-order chi connectivity index (χ1) is 14.6. The number of anilines is 1. The van der Waals surface area contributed by atoms with Crippen molar-refractivity contribution >= 4 is 49.9 Å². The van der Waals surface area contributed by atoms with Crippen molar-refractivity contribution < 1.29 is 23.3 Å². The van der Waals surface area contributed by atoms with Crippen molar-refractivity contribution in [2.75, 3.05) is 32.0 Å². The summed E-state index contributed by atoms with van der Waals surface area (Å²) in [6, 6.07) is 7.19.